The molecule has 70 valence electrons. The van der Waals surface area contributed by atoms with Crippen LogP contribution in [0, 0.1) is 9.54 Å². The Morgan fingerprint density at radius 2 is 0.929 bits per heavy atom. The minimum Gasteiger partial charge on any atom is -0.331 e. The molecule has 0 fully saturated rings. The highest BCUT2D eigenvalue weighted by Gasteiger charge is 2.01. The van der Waals surface area contributed by atoms with E-state index in [1.54, 1.807) is 0 Å². The highest BCUT2D eigenvalue weighted by Crippen LogP contribution is 2.17. The van der Waals surface area contributed by atoms with Gasteiger partial charge in [-0.1, -0.05) is 0 Å². The lowest BCUT2D eigenvalue weighted by molar-refractivity contribution is 1.29. The third-order valence-electron chi connectivity index (χ3n) is 2.15. The lowest BCUT2D eigenvalue weighted by Crippen LogP contribution is -1.71. The summed E-state index contributed by atoms with van der Waals surface area (Å²) >= 11 is 10.00. The van der Waals surface area contributed by atoms with Crippen LogP contribution in [0.4, 0.5) is 0 Å². The Morgan fingerprint density at radius 1 is 0.643 bits per heavy atom. The Kier molecular flexibility index (Phi) is 1.45. The van der Waals surface area contributed by atoms with Crippen molar-refractivity contribution in [3.8, 4) is 0 Å². The van der Waals surface area contributed by atoms with Crippen LogP contribution in [0.3, 0.4) is 0 Å². The minimum atomic E-state index is 0.631. The van der Waals surface area contributed by atoms with Crippen molar-refractivity contribution >= 4 is 46.5 Å². The van der Waals surface area contributed by atoms with Crippen LogP contribution >= 0.6 is 24.4 Å². The molecule has 0 aliphatic rings. The third-order valence-corrected chi connectivity index (χ3v) is 2.56. The molecule has 0 atom stereocenters. The van der Waals surface area contributed by atoms with Crippen LogP contribution in [0.5, 0.6) is 0 Å². The molecule has 0 saturated carbocycles. The molecule has 0 unspecified atom stereocenters. The summed E-state index contributed by atoms with van der Waals surface area (Å²) in [6.45, 7) is 0. The van der Waals surface area contributed by atoms with Crippen LogP contribution in [0.15, 0.2) is 12.1 Å². The van der Waals surface area contributed by atoms with Crippen LogP contribution in [0.25, 0.3) is 22.1 Å². The molecule has 6 heteroatoms. The Bertz CT molecular complexity index is 610. The molecule has 14 heavy (non-hydrogen) atoms. The van der Waals surface area contributed by atoms with Crippen molar-refractivity contribution in [2.75, 3.05) is 0 Å². The second kappa shape index (κ2) is 2.55. The third kappa shape index (κ3) is 1.04. The Morgan fingerprint density at radius 3 is 1.21 bits per heavy atom. The van der Waals surface area contributed by atoms with E-state index in [9.17, 15) is 0 Å². The first kappa shape index (κ1) is 7.95. The van der Waals surface area contributed by atoms with E-state index in [1.807, 2.05) is 12.1 Å². The summed E-state index contributed by atoms with van der Waals surface area (Å²) < 4.78 is 1.26. The molecule has 1 aromatic carbocycles. The molecule has 4 nitrogen and oxygen atoms in total. The summed E-state index contributed by atoms with van der Waals surface area (Å²) in [7, 11) is 0. The molecular weight excluding hydrogens is 216 g/mol. The second-order valence-electron chi connectivity index (χ2n) is 3.10. The highest BCUT2D eigenvalue weighted by molar-refractivity contribution is 7.71. The fraction of sp³-hybridized carbons (Fsp3) is 0. The summed E-state index contributed by atoms with van der Waals surface area (Å²) in [4.78, 5) is 12.2. The van der Waals surface area contributed by atoms with Crippen molar-refractivity contribution in [2.24, 2.45) is 0 Å². The molecule has 0 saturated heterocycles. The van der Waals surface area contributed by atoms with Crippen molar-refractivity contribution in [2.45, 2.75) is 0 Å². The zero-order chi connectivity index (χ0) is 9.71. The zero-order valence-corrected chi connectivity index (χ0v) is 8.60. The van der Waals surface area contributed by atoms with E-state index in [2.05, 4.69) is 19.9 Å². The van der Waals surface area contributed by atoms with E-state index in [1.165, 1.54) is 0 Å². The van der Waals surface area contributed by atoms with Gasteiger partial charge in [-0.3, -0.25) is 0 Å². The smallest absolute Gasteiger partial charge is 0.175 e. The number of hydrogen-bond acceptors (Lipinski definition) is 2. The van der Waals surface area contributed by atoms with Crippen molar-refractivity contribution in [1.29, 1.82) is 0 Å². The fourth-order valence-electron chi connectivity index (χ4n) is 1.57. The predicted octanol–water partition coefficient (Wildman–Crippen LogP) is 2.76. The van der Waals surface area contributed by atoms with E-state index in [0.29, 0.717) is 9.54 Å². The van der Waals surface area contributed by atoms with Crippen molar-refractivity contribution < 1.29 is 0 Å². The monoisotopic (exact) mass is 222 g/mol. The standard InChI is InChI=1S/C8H6N4S2/c13-7-9-3-1-4-6(2-5(3)11-7)12-8(14)10-4/h1-2H,(H2,9,11,13)(H2,10,12,14). The maximum absolute atomic E-state index is 5.00. The van der Waals surface area contributed by atoms with E-state index in [0.717, 1.165) is 22.1 Å². The molecule has 0 spiro atoms. The van der Waals surface area contributed by atoms with Crippen molar-refractivity contribution in [1.82, 2.24) is 19.9 Å². The van der Waals surface area contributed by atoms with Gasteiger partial charge >= 0.3 is 0 Å². The maximum atomic E-state index is 5.00. The largest absolute Gasteiger partial charge is 0.331 e. The second-order valence-corrected chi connectivity index (χ2v) is 3.92. The van der Waals surface area contributed by atoms with Crippen LogP contribution in [-0.2, 0) is 0 Å². The molecule has 4 N–H and O–H groups in total. The topological polar surface area (TPSA) is 63.2 Å². The molecule has 0 radical (unpaired) electrons. The molecule has 0 aliphatic heterocycles. The van der Waals surface area contributed by atoms with E-state index < -0.39 is 0 Å². The number of rotatable bonds is 0. The maximum Gasteiger partial charge on any atom is 0.175 e. The van der Waals surface area contributed by atoms with Gasteiger partial charge in [0, 0.05) is 0 Å². The number of aromatic nitrogens is 4. The molecule has 3 aromatic rings. The summed E-state index contributed by atoms with van der Waals surface area (Å²) in [6.07, 6.45) is 0. The zero-order valence-electron chi connectivity index (χ0n) is 6.97. The fourth-order valence-corrected chi connectivity index (χ4v) is 2.00. The molecule has 2 aromatic heterocycles. The average molecular weight is 222 g/mol. The summed E-state index contributed by atoms with van der Waals surface area (Å²) in [5.74, 6) is 0. The summed E-state index contributed by atoms with van der Waals surface area (Å²) in [6, 6.07) is 3.95. The lowest BCUT2D eigenvalue weighted by Gasteiger charge is -1.89. The average Bonchev–Trinajstić information content (AvgIpc) is 2.59. The number of benzene rings is 1. The normalized spacial score (nSPS) is 11.4. The van der Waals surface area contributed by atoms with Crippen molar-refractivity contribution in [3.05, 3.63) is 21.7 Å². The van der Waals surface area contributed by atoms with Gasteiger partial charge in [-0.15, -0.1) is 0 Å². The number of imidazole rings is 2. The van der Waals surface area contributed by atoms with Crippen molar-refractivity contribution in [3.63, 3.8) is 0 Å². The van der Waals surface area contributed by atoms with Gasteiger partial charge in [0.1, 0.15) is 0 Å². The quantitative estimate of drug-likeness (QED) is 0.442. The first-order valence-corrected chi connectivity index (χ1v) is 4.88. The van der Waals surface area contributed by atoms with Gasteiger partial charge in [0.25, 0.3) is 0 Å². The molecule has 3 rings (SSSR count). The Labute approximate surface area is 88.4 Å². The molecule has 0 bridgehead atoms. The first-order chi connectivity index (χ1) is 6.72. The Balaban J connectivity index is 2.61. The summed E-state index contributed by atoms with van der Waals surface area (Å²) in [5, 5.41) is 0. The highest BCUT2D eigenvalue weighted by atomic mass is 32.1. The number of nitrogens with one attached hydrogen (secondary N) is 4. The number of H-pyrrole nitrogens is 4. The van der Waals surface area contributed by atoms with Gasteiger partial charge < -0.3 is 19.9 Å². The van der Waals surface area contributed by atoms with Crippen LogP contribution in [0.2, 0.25) is 0 Å². The first-order valence-electron chi connectivity index (χ1n) is 4.06. The SMILES string of the molecule is S=c1[nH]c2cc3[nH]c(=S)[nH]c3cc2[nH]1. The van der Waals surface area contributed by atoms with Crippen LogP contribution < -0.4 is 0 Å². The Hall–Kier alpha value is -1.40. The predicted molar refractivity (Wildman–Crippen MR) is 60.5 cm³/mol. The number of fused-ring (bicyclic) bond motifs is 2. The molecular formula is C8H6N4S2. The lowest BCUT2D eigenvalue weighted by atomic mass is 10.3. The van der Waals surface area contributed by atoms with Gasteiger partial charge in [0.2, 0.25) is 0 Å². The van der Waals surface area contributed by atoms with Gasteiger partial charge in [-0.05, 0) is 36.6 Å². The van der Waals surface area contributed by atoms with E-state index in [4.69, 9.17) is 24.4 Å². The van der Waals surface area contributed by atoms with E-state index >= 15 is 0 Å². The molecule has 0 amide bonds. The van der Waals surface area contributed by atoms with Gasteiger partial charge in [-0.25, -0.2) is 0 Å². The number of aromatic amines is 4. The van der Waals surface area contributed by atoms with E-state index in [-0.39, 0.29) is 0 Å². The van der Waals surface area contributed by atoms with Crippen LogP contribution in [0.1, 0.15) is 0 Å². The van der Waals surface area contributed by atoms with Gasteiger partial charge in [0.15, 0.2) is 9.54 Å². The molecule has 0 aliphatic carbocycles. The van der Waals surface area contributed by atoms with Gasteiger partial charge in [-0.2, -0.15) is 0 Å². The minimum absolute atomic E-state index is 0.631. The van der Waals surface area contributed by atoms with Gasteiger partial charge in [0.05, 0.1) is 22.1 Å². The molecule has 2 heterocycles. The number of hydrogen-bond donors (Lipinski definition) is 4. The van der Waals surface area contributed by atoms with Crippen LogP contribution in [-0.4, -0.2) is 19.9 Å². The summed E-state index contributed by atoms with van der Waals surface area (Å²) in [5.41, 5.74) is 3.92.